The lowest BCUT2D eigenvalue weighted by Crippen LogP contribution is -2.13. The van der Waals surface area contributed by atoms with E-state index in [0.717, 1.165) is 17.0 Å². The molecule has 1 amide bonds. The third kappa shape index (κ3) is 5.02. The number of rotatable bonds is 8. The molecule has 0 saturated carbocycles. The molecule has 1 aromatic heterocycles. The molecule has 0 bridgehead atoms. The number of carbonyl (C=O) groups excluding carboxylic acids is 1. The fourth-order valence-corrected chi connectivity index (χ4v) is 4.21. The standard InChI is InChI=1S/C20H19FN2O3S2/c1-25-17-5-3-4-16(18(17)26-2)19(24)23-20-22-15(12-28-20)11-27-10-13-6-8-14(21)9-7-13/h3-9,12H,10-11H2,1-2H3,(H,22,23,24). The first kappa shape index (κ1) is 20.2. The maximum atomic E-state index is 12.9. The van der Waals surface area contributed by atoms with Crippen molar-refractivity contribution in [2.75, 3.05) is 19.5 Å². The third-order valence-corrected chi connectivity index (χ3v) is 5.70. The van der Waals surface area contributed by atoms with Crippen LogP contribution in [0.3, 0.4) is 0 Å². The number of halogens is 1. The summed E-state index contributed by atoms with van der Waals surface area (Å²) in [6, 6.07) is 11.6. The molecule has 1 N–H and O–H groups in total. The Morgan fingerprint density at radius 1 is 1.14 bits per heavy atom. The zero-order valence-electron chi connectivity index (χ0n) is 15.4. The number of thioether (sulfide) groups is 1. The van der Waals surface area contributed by atoms with Gasteiger partial charge < -0.3 is 9.47 Å². The molecule has 5 nitrogen and oxygen atoms in total. The number of carbonyl (C=O) groups is 1. The van der Waals surface area contributed by atoms with Crippen LogP contribution in [0.25, 0.3) is 0 Å². The summed E-state index contributed by atoms with van der Waals surface area (Å²) in [7, 11) is 3.02. The Hall–Kier alpha value is -2.58. The van der Waals surface area contributed by atoms with Crippen molar-refractivity contribution >= 4 is 34.1 Å². The maximum absolute atomic E-state index is 12.9. The second-order valence-corrected chi connectivity index (χ2v) is 7.60. The van der Waals surface area contributed by atoms with Crippen molar-refractivity contribution in [3.05, 3.63) is 70.5 Å². The van der Waals surface area contributed by atoms with Crippen molar-refractivity contribution in [3.63, 3.8) is 0 Å². The number of nitrogens with zero attached hydrogens (tertiary/aromatic N) is 1. The van der Waals surface area contributed by atoms with Gasteiger partial charge in [0, 0.05) is 16.9 Å². The van der Waals surface area contributed by atoms with Gasteiger partial charge in [-0.2, -0.15) is 11.8 Å². The van der Waals surface area contributed by atoms with Crippen LogP contribution in [0.2, 0.25) is 0 Å². The molecule has 1 heterocycles. The molecule has 3 aromatic rings. The summed E-state index contributed by atoms with van der Waals surface area (Å²) >= 11 is 3.04. The Morgan fingerprint density at radius 3 is 2.64 bits per heavy atom. The lowest BCUT2D eigenvalue weighted by atomic mass is 10.1. The molecule has 0 spiro atoms. The average Bonchev–Trinajstić information content (AvgIpc) is 3.15. The van der Waals surface area contributed by atoms with E-state index >= 15 is 0 Å². The van der Waals surface area contributed by atoms with Crippen molar-refractivity contribution in [3.8, 4) is 11.5 Å². The largest absolute Gasteiger partial charge is 0.493 e. The predicted molar refractivity (Wildman–Crippen MR) is 111 cm³/mol. The van der Waals surface area contributed by atoms with Gasteiger partial charge in [-0.25, -0.2) is 9.37 Å². The first-order chi connectivity index (χ1) is 13.6. The fraction of sp³-hybridized carbons (Fsp3) is 0.200. The Morgan fingerprint density at radius 2 is 1.93 bits per heavy atom. The zero-order chi connectivity index (χ0) is 19.9. The van der Waals surface area contributed by atoms with Crippen molar-refractivity contribution < 1.29 is 18.7 Å². The summed E-state index contributed by atoms with van der Waals surface area (Å²) in [6.45, 7) is 0. The van der Waals surface area contributed by atoms with E-state index in [2.05, 4.69) is 10.3 Å². The Balaban J connectivity index is 1.58. The lowest BCUT2D eigenvalue weighted by Gasteiger charge is -2.11. The van der Waals surface area contributed by atoms with Crippen molar-refractivity contribution in [2.45, 2.75) is 11.5 Å². The van der Waals surface area contributed by atoms with Crippen LogP contribution in [-0.2, 0) is 11.5 Å². The molecule has 0 radical (unpaired) electrons. The van der Waals surface area contributed by atoms with E-state index in [1.807, 2.05) is 5.38 Å². The van der Waals surface area contributed by atoms with Crippen LogP contribution in [0.5, 0.6) is 11.5 Å². The summed E-state index contributed by atoms with van der Waals surface area (Å²) in [5, 5.41) is 5.23. The molecule has 0 aliphatic heterocycles. The predicted octanol–water partition coefficient (Wildman–Crippen LogP) is 4.99. The van der Waals surface area contributed by atoms with Gasteiger partial charge >= 0.3 is 0 Å². The first-order valence-corrected chi connectivity index (χ1v) is 10.4. The van der Waals surface area contributed by atoms with Crippen LogP contribution in [0.1, 0.15) is 21.6 Å². The molecule has 0 fully saturated rings. The van der Waals surface area contributed by atoms with E-state index < -0.39 is 0 Å². The molecule has 0 atom stereocenters. The molecule has 0 aliphatic carbocycles. The zero-order valence-corrected chi connectivity index (χ0v) is 17.0. The second-order valence-electron chi connectivity index (χ2n) is 5.76. The topological polar surface area (TPSA) is 60.5 Å². The van der Waals surface area contributed by atoms with Crippen molar-refractivity contribution in [1.82, 2.24) is 4.98 Å². The summed E-state index contributed by atoms with van der Waals surface area (Å²) in [5.41, 5.74) is 2.31. The molecule has 8 heteroatoms. The van der Waals surface area contributed by atoms with Crippen molar-refractivity contribution in [2.24, 2.45) is 0 Å². The third-order valence-electron chi connectivity index (χ3n) is 3.85. The van der Waals surface area contributed by atoms with E-state index in [0.29, 0.717) is 27.9 Å². The van der Waals surface area contributed by atoms with Gasteiger partial charge in [0.25, 0.3) is 5.91 Å². The number of anilines is 1. The number of amides is 1. The van der Waals surface area contributed by atoms with Gasteiger partial charge in [-0.1, -0.05) is 18.2 Å². The SMILES string of the molecule is COc1cccc(C(=O)Nc2nc(CSCc3ccc(F)cc3)cs2)c1OC. The van der Waals surface area contributed by atoms with Crippen LogP contribution < -0.4 is 14.8 Å². The summed E-state index contributed by atoms with van der Waals surface area (Å²) in [4.78, 5) is 17.0. The van der Waals surface area contributed by atoms with E-state index in [-0.39, 0.29) is 11.7 Å². The number of hydrogen-bond donors (Lipinski definition) is 1. The quantitative estimate of drug-likeness (QED) is 0.559. The van der Waals surface area contributed by atoms with Gasteiger partial charge in [-0.15, -0.1) is 11.3 Å². The number of aromatic nitrogens is 1. The van der Waals surface area contributed by atoms with E-state index in [1.165, 1.54) is 37.7 Å². The molecule has 2 aromatic carbocycles. The molecule has 0 unspecified atom stereocenters. The van der Waals surface area contributed by atoms with Crippen LogP contribution in [0, 0.1) is 5.82 Å². The number of nitrogens with one attached hydrogen (secondary N) is 1. The number of thiazole rings is 1. The highest BCUT2D eigenvalue weighted by Crippen LogP contribution is 2.31. The number of benzene rings is 2. The normalized spacial score (nSPS) is 10.5. The van der Waals surface area contributed by atoms with Gasteiger partial charge in [0.1, 0.15) is 5.82 Å². The van der Waals surface area contributed by atoms with Crippen molar-refractivity contribution in [1.29, 1.82) is 0 Å². The highest BCUT2D eigenvalue weighted by Gasteiger charge is 2.17. The number of para-hydroxylation sites is 1. The lowest BCUT2D eigenvalue weighted by molar-refractivity contribution is 0.102. The summed E-state index contributed by atoms with van der Waals surface area (Å²) in [5.74, 6) is 1.80. The van der Waals surface area contributed by atoms with E-state index in [9.17, 15) is 9.18 Å². The molecule has 3 rings (SSSR count). The smallest absolute Gasteiger partial charge is 0.261 e. The van der Waals surface area contributed by atoms with E-state index in [1.54, 1.807) is 42.1 Å². The maximum Gasteiger partial charge on any atom is 0.261 e. The minimum absolute atomic E-state index is 0.235. The summed E-state index contributed by atoms with van der Waals surface area (Å²) in [6.07, 6.45) is 0. The highest BCUT2D eigenvalue weighted by molar-refractivity contribution is 7.97. The van der Waals surface area contributed by atoms with Crippen LogP contribution in [0.15, 0.2) is 47.8 Å². The number of hydrogen-bond acceptors (Lipinski definition) is 6. The van der Waals surface area contributed by atoms with Gasteiger partial charge in [0.15, 0.2) is 16.6 Å². The first-order valence-electron chi connectivity index (χ1n) is 8.39. The minimum atomic E-state index is -0.310. The Kier molecular flexibility index (Phi) is 6.89. The molecule has 28 heavy (non-hydrogen) atoms. The molecule has 0 saturated heterocycles. The highest BCUT2D eigenvalue weighted by atomic mass is 32.2. The number of methoxy groups -OCH3 is 2. The Bertz CT molecular complexity index is 945. The molecule has 146 valence electrons. The van der Waals surface area contributed by atoms with Gasteiger partial charge in [0.05, 0.1) is 25.5 Å². The summed E-state index contributed by atoms with van der Waals surface area (Å²) < 4.78 is 23.5. The molecular formula is C20H19FN2O3S2. The van der Waals surface area contributed by atoms with Gasteiger partial charge in [-0.05, 0) is 29.8 Å². The second kappa shape index (κ2) is 9.57. The monoisotopic (exact) mass is 418 g/mol. The minimum Gasteiger partial charge on any atom is -0.493 e. The molecule has 0 aliphatic rings. The molecular weight excluding hydrogens is 399 g/mol. The van der Waals surface area contributed by atoms with Gasteiger partial charge in [0.2, 0.25) is 0 Å². The average molecular weight is 419 g/mol. The van der Waals surface area contributed by atoms with E-state index in [4.69, 9.17) is 9.47 Å². The fourth-order valence-electron chi connectivity index (χ4n) is 2.52. The van der Waals surface area contributed by atoms with Crippen LogP contribution in [0.4, 0.5) is 9.52 Å². The van der Waals surface area contributed by atoms with Crippen LogP contribution in [-0.4, -0.2) is 25.1 Å². The Labute approximate surface area is 170 Å². The van der Waals surface area contributed by atoms with Gasteiger partial charge in [-0.3, -0.25) is 10.1 Å². The van der Waals surface area contributed by atoms with Crippen LogP contribution >= 0.6 is 23.1 Å². The number of ether oxygens (including phenoxy) is 2.